The summed E-state index contributed by atoms with van der Waals surface area (Å²) in [6.07, 6.45) is 0. The van der Waals surface area contributed by atoms with Gasteiger partial charge in [0.25, 0.3) is 11.8 Å². The second-order valence-corrected chi connectivity index (χ2v) is 15.1. The number of phenolic OH excluding ortho intramolecular Hbond substituents is 2. The molecule has 0 bridgehead atoms. The highest BCUT2D eigenvalue weighted by Crippen LogP contribution is 2.57. The van der Waals surface area contributed by atoms with Gasteiger partial charge in [0.05, 0.1) is 10.9 Å². The average Bonchev–Trinajstić information content (AvgIpc) is 3.53. The van der Waals surface area contributed by atoms with E-state index in [0.29, 0.717) is 40.1 Å². The van der Waals surface area contributed by atoms with Crippen LogP contribution < -0.4 is 26.0 Å². The largest absolute Gasteiger partial charge is 0.508 e. The first-order chi connectivity index (χ1) is 29.5. The van der Waals surface area contributed by atoms with E-state index in [9.17, 15) is 24.6 Å². The molecule has 0 fully saturated rings. The van der Waals surface area contributed by atoms with E-state index in [1.54, 1.807) is 36.4 Å². The maximum atomic E-state index is 14.1. The first kappa shape index (κ1) is 38.9. The summed E-state index contributed by atoms with van der Waals surface area (Å²) in [5.41, 5.74) is 6.88. The molecule has 1 aliphatic carbocycles. The number of amides is 2. The van der Waals surface area contributed by atoms with Crippen LogP contribution in [0.3, 0.4) is 0 Å². The van der Waals surface area contributed by atoms with Crippen LogP contribution in [0.5, 0.6) is 23.0 Å². The van der Waals surface area contributed by atoms with E-state index in [-0.39, 0.29) is 53.1 Å². The predicted octanol–water partition coefficient (Wildman–Crippen LogP) is 8.31. The molecule has 61 heavy (non-hydrogen) atoms. The Balaban J connectivity index is 0.990. The number of phenols is 2. The van der Waals surface area contributed by atoms with Crippen LogP contribution in [0.1, 0.15) is 72.7 Å². The third-order valence-electron chi connectivity index (χ3n) is 11.3. The summed E-state index contributed by atoms with van der Waals surface area (Å²) in [5.74, 6) is -0.358. The standard InChI is InChI=1S/C49H42N4O8/c1-5-50-39-24-41-34(19-26(39)3)45(35-20-27(4)40(51-6-2)25-42(35)59-41)31-9-7-8-10-32(31)47(57)53-18-17-52-46(56)28-11-14-33-38(21-28)49(61-48(33)58)36-15-12-29(54)22-43(36)60-44-23-30(55)13-16-37(44)49/h7-16,19-25,50,54-55H,5-6,17-18H2,1-4H3,(H,52,56)(H,53,57). The number of fused-ring (bicyclic) bond motifs is 8. The van der Waals surface area contributed by atoms with Gasteiger partial charge in [-0.2, -0.15) is 0 Å². The van der Waals surface area contributed by atoms with Crippen LogP contribution in [-0.4, -0.2) is 54.2 Å². The van der Waals surface area contributed by atoms with Crippen LogP contribution in [0, 0.1) is 13.8 Å². The molecule has 0 saturated carbocycles. The van der Waals surface area contributed by atoms with E-state index in [4.69, 9.17) is 13.9 Å². The molecule has 4 aliphatic rings. The highest BCUT2D eigenvalue weighted by molar-refractivity contribution is 6.10. The number of nitrogens with one attached hydrogen (secondary N) is 3. The summed E-state index contributed by atoms with van der Waals surface area (Å²) in [5, 5.41) is 31.6. The molecule has 5 aromatic rings. The second-order valence-electron chi connectivity index (χ2n) is 15.1. The lowest BCUT2D eigenvalue weighted by Crippen LogP contribution is -2.35. The first-order valence-corrected chi connectivity index (χ1v) is 20.1. The van der Waals surface area contributed by atoms with E-state index < -0.39 is 17.5 Å². The number of aromatic hydroxyl groups is 2. The molecule has 12 heteroatoms. The number of hydrogen-bond acceptors (Lipinski definition) is 10. The molecule has 3 aliphatic heterocycles. The van der Waals surface area contributed by atoms with Gasteiger partial charge in [0, 0.05) is 100 Å². The number of aryl methyl sites for hydroxylation is 2. The highest BCUT2D eigenvalue weighted by atomic mass is 16.6. The number of carbonyl (C=O) groups excluding carboxylic acids is 3. The monoisotopic (exact) mass is 814 g/mol. The molecular weight excluding hydrogens is 773 g/mol. The average molecular weight is 815 g/mol. The third kappa shape index (κ3) is 6.56. The minimum atomic E-state index is -1.52. The Labute approximate surface area is 350 Å². The maximum absolute atomic E-state index is 14.1. The van der Waals surface area contributed by atoms with E-state index in [0.717, 1.165) is 50.8 Å². The van der Waals surface area contributed by atoms with Crippen molar-refractivity contribution < 1.29 is 38.5 Å². The van der Waals surface area contributed by atoms with Crippen molar-refractivity contribution in [3.63, 3.8) is 0 Å². The molecule has 0 aromatic heterocycles. The van der Waals surface area contributed by atoms with Crippen molar-refractivity contribution in [1.29, 1.82) is 0 Å². The van der Waals surface area contributed by atoms with Gasteiger partial charge in [0.1, 0.15) is 34.3 Å². The van der Waals surface area contributed by atoms with Crippen molar-refractivity contribution in [3.05, 3.63) is 153 Å². The fourth-order valence-corrected chi connectivity index (χ4v) is 8.49. The van der Waals surface area contributed by atoms with Gasteiger partial charge in [-0.1, -0.05) is 18.2 Å². The summed E-state index contributed by atoms with van der Waals surface area (Å²) in [6, 6.07) is 29.2. The third-order valence-corrected chi connectivity index (χ3v) is 11.3. The zero-order valence-electron chi connectivity index (χ0n) is 33.9. The Morgan fingerprint density at radius 3 is 2.13 bits per heavy atom. The molecule has 3 heterocycles. The normalized spacial score (nSPS) is 13.6. The van der Waals surface area contributed by atoms with E-state index in [1.165, 1.54) is 24.3 Å². The van der Waals surface area contributed by atoms with Crippen LogP contribution in [0.4, 0.5) is 5.69 Å². The van der Waals surface area contributed by atoms with Crippen LogP contribution in [0.15, 0.2) is 113 Å². The highest BCUT2D eigenvalue weighted by Gasteiger charge is 2.54. The van der Waals surface area contributed by atoms with Gasteiger partial charge in [-0.25, -0.2) is 4.79 Å². The van der Waals surface area contributed by atoms with Gasteiger partial charge in [-0.3, -0.25) is 14.6 Å². The molecule has 5 aromatic carbocycles. The fourth-order valence-electron chi connectivity index (χ4n) is 8.49. The van der Waals surface area contributed by atoms with E-state index in [2.05, 4.69) is 33.1 Å². The van der Waals surface area contributed by atoms with Crippen LogP contribution in [0.2, 0.25) is 0 Å². The number of carbonyl (C=O) groups is 3. The summed E-state index contributed by atoms with van der Waals surface area (Å²) in [7, 11) is 0. The number of hydrogen-bond donors (Lipinski definition) is 5. The summed E-state index contributed by atoms with van der Waals surface area (Å²) in [4.78, 5) is 45.8. The molecule has 0 saturated heterocycles. The molecule has 306 valence electrons. The Kier molecular flexibility index (Phi) is 9.70. The smallest absolute Gasteiger partial charge is 0.340 e. The lowest BCUT2D eigenvalue weighted by atomic mass is 9.77. The predicted molar refractivity (Wildman–Crippen MR) is 231 cm³/mol. The SMILES string of the molecule is CCN=c1cc2oc3cc(NCC)c(C)cc3c(-c3ccccc3C(=O)NCCNC(=O)c3ccc4c(c3)C3(OC4=O)c4ccc(O)cc4Oc4cc(O)ccc43)c-2cc1C. The van der Waals surface area contributed by atoms with Crippen molar-refractivity contribution in [3.8, 4) is 45.4 Å². The van der Waals surface area contributed by atoms with Gasteiger partial charge in [0.2, 0.25) is 0 Å². The van der Waals surface area contributed by atoms with Crippen LogP contribution >= 0.6 is 0 Å². The summed E-state index contributed by atoms with van der Waals surface area (Å²) < 4.78 is 18.7. The van der Waals surface area contributed by atoms with Crippen molar-refractivity contribution in [2.75, 3.05) is 31.5 Å². The van der Waals surface area contributed by atoms with Crippen molar-refractivity contribution in [2.45, 2.75) is 33.3 Å². The minimum Gasteiger partial charge on any atom is -0.508 e. The second kappa shape index (κ2) is 15.2. The number of nitrogens with zero attached hydrogens (tertiary/aromatic N) is 1. The van der Waals surface area contributed by atoms with Gasteiger partial charge in [-0.15, -0.1) is 0 Å². The van der Waals surface area contributed by atoms with Gasteiger partial charge < -0.3 is 40.1 Å². The Morgan fingerprint density at radius 1 is 0.721 bits per heavy atom. The number of anilines is 1. The molecule has 5 N–H and O–H groups in total. The Hall–Kier alpha value is -7.60. The molecule has 12 nitrogen and oxygen atoms in total. The lowest BCUT2D eigenvalue weighted by molar-refractivity contribution is 0.0224. The van der Waals surface area contributed by atoms with E-state index in [1.807, 2.05) is 58.0 Å². The molecular formula is C49H42N4O8. The topological polar surface area (TPSA) is 172 Å². The van der Waals surface area contributed by atoms with Crippen molar-refractivity contribution >= 4 is 34.4 Å². The quantitative estimate of drug-likeness (QED) is 0.0546. The van der Waals surface area contributed by atoms with Crippen LogP contribution in [-0.2, 0) is 10.3 Å². The Bertz CT molecular complexity index is 2950. The van der Waals surface area contributed by atoms with Gasteiger partial charge in [-0.05, 0) is 105 Å². The number of benzene rings is 6. The molecule has 1 spiro atoms. The van der Waals surface area contributed by atoms with Crippen molar-refractivity contribution in [1.82, 2.24) is 10.6 Å². The van der Waals surface area contributed by atoms with Gasteiger partial charge >= 0.3 is 5.97 Å². The summed E-state index contributed by atoms with van der Waals surface area (Å²) in [6.45, 7) is 9.70. The molecule has 2 amide bonds. The first-order valence-electron chi connectivity index (χ1n) is 20.1. The minimum absolute atomic E-state index is 0.0647. The fraction of sp³-hybridized carbons (Fsp3) is 0.184. The zero-order chi connectivity index (χ0) is 42.6. The summed E-state index contributed by atoms with van der Waals surface area (Å²) >= 11 is 0. The van der Waals surface area contributed by atoms with Gasteiger partial charge in [0.15, 0.2) is 5.60 Å². The molecule has 0 radical (unpaired) electrons. The number of rotatable bonds is 9. The maximum Gasteiger partial charge on any atom is 0.340 e. The van der Waals surface area contributed by atoms with E-state index >= 15 is 0 Å². The molecule has 0 unspecified atom stereocenters. The van der Waals surface area contributed by atoms with Crippen LogP contribution in [0.25, 0.3) is 33.4 Å². The van der Waals surface area contributed by atoms with Crippen molar-refractivity contribution in [2.24, 2.45) is 4.99 Å². The Morgan fingerprint density at radius 2 is 1.43 bits per heavy atom. The number of ether oxygens (including phenoxy) is 2. The molecule has 0 atom stereocenters. The number of esters is 1. The zero-order valence-corrected chi connectivity index (χ0v) is 33.9. The molecule has 9 rings (SSSR count). The lowest BCUT2D eigenvalue weighted by Gasteiger charge is -2.36.